The Bertz CT molecular complexity index is 701. The molecule has 1 N–H and O–H groups in total. The maximum Gasteiger partial charge on any atom is 0.211 e. The predicted molar refractivity (Wildman–Crippen MR) is 100 cm³/mol. The highest BCUT2D eigenvalue weighted by Crippen LogP contribution is 2.36. The summed E-state index contributed by atoms with van der Waals surface area (Å²) in [5.74, 6) is 0.428. The van der Waals surface area contributed by atoms with Gasteiger partial charge in [0.2, 0.25) is 10.0 Å². The molecule has 3 rings (SSSR count). The lowest BCUT2D eigenvalue weighted by Gasteiger charge is -2.53. The third-order valence-corrected chi connectivity index (χ3v) is 6.89. The molecule has 2 heterocycles. The van der Waals surface area contributed by atoms with Crippen molar-refractivity contribution in [1.82, 2.24) is 9.62 Å². The van der Waals surface area contributed by atoms with Gasteiger partial charge < -0.3 is 4.74 Å². The summed E-state index contributed by atoms with van der Waals surface area (Å²) in [4.78, 5) is 2.45. The predicted octanol–water partition coefficient (Wildman–Crippen LogP) is 2.22. The normalized spacial score (nSPS) is 23.6. The Balaban J connectivity index is 1.45. The average molecular weight is 367 g/mol. The molecule has 25 heavy (non-hydrogen) atoms. The number of nitrogens with one attached hydrogen (secondary N) is 1. The van der Waals surface area contributed by atoms with Gasteiger partial charge in [0.25, 0.3) is 0 Å². The number of likely N-dealkylation sites (tertiary alicyclic amines) is 1. The highest BCUT2D eigenvalue weighted by molar-refractivity contribution is 7.89. The molecular formula is C19H30N2O3S. The Kier molecular flexibility index (Phi) is 5.54. The zero-order chi connectivity index (χ0) is 18.1. The number of ether oxygens (including phenoxy) is 1. The fourth-order valence-electron chi connectivity index (χ4n) is 3.77. The molecule has 2 fully saturated rings. The minimum Gasteiger partial charge on any atom is -0.372 e. The van der Waals surface area contributed by atoms with Crippen LogP contribution in [0.1, 0.15) is 36.5 Å². The van der Waals surface area contributed by atoms with Gasteiger partial charge in [0.1, 0.15) is 0 Å². The Morgan fingerprint density at radius 3 is 2.72 bits per heavy atom. The van der Waals surface area contributed by atoms with E-state index in [-0.39, 0.29) is 11.4 Å². The van der Waals surface area contributed by atoms with E-state index in [1.165, 1.54) is 16.7 Å². The van der Waals surface area contributed by atoms with Gasteiger partial charge in [-0.05, 0) is 50.7 Å². The molecule has 6 heteroatoms. The van der Waals surface area contributed by atoms with E-state index in [1.54, 1.807) is 6.92 Å². The second-order valence-corrected chi connectivity index (χ2v) is 9.82. The van der Waals surface area contributed by atoms with Crippen molar-refractivity contribution in [2.75, 3.05) is 32.0 Å². The molecule has 1 atom stereocenters. The summed E-state index contributed by atoms with van der Waals surface area (Å²) >= 11 is 0. The fraction of sp³-hybridized carbons (Fsp3) is 0.684. The molecule has 0 aromatic heterocycles. The van der Waals surface area contributed by atoms with E-state index >= 15 is 0 Å². The van der Waals surface area contributed by atoms with Crippen LogP contribution in [0.4, 0.5) is 0 Å². The van der Waals surface area contributed by atoms with Gasteiger partial charge in [-0.2, -0.15) is 0 Å². The van der Waals surface area contributed by atoms with E-state index in [9.17, 15) is 8.42 Å². The van der Waals surface area contributed by atoms with Crippen LogP contribution in [0.25, 0.3) is 0 Å². The van der Waals surface area contributed by atoms with Crippen molar-refractivity contribution < 1.29 is 13.2 Å². The minimum absolute atomic E-state index is 0.00212. The summed E-state index contributed by atoms with van der Waals surface area (Å²) in [6.45, 7) is 10.1. The molecule has 0 radical (unpaired) electrons. The van der Waals surface area contributed by atoms with Crippen molar-refractivity contribution >= 4 is 10.0 Å². The summed E-state index contributed by atoms with van der Waals surface area (Å²) in [6.07, 6.45) is 2.05. The Hall–Kier alpha value is -0.950. The lowest BCUT2D eigenvalue weighted by atomic mass is 9.82. The van der Waals surface area contributed by atoms with Gasteiger partial charge in [0.15, 0.2) is 0 Å². The van der Waals surface area contributed by atoms with Gasteiger partial charge in [0.05, 0.1) is 18.0 Å². The lowest BCUT2D eigenvalue weighted by molar-refractivity contribution is -0.181. The molecule has 1 aromatic carbocycles. The van der Waals surface area contributed by atoms with Crippen molar-refractivity contribution in [2.45, 2.75) is 45.8 Å². The van der Waals surface area contributed by atoms with E-state index in [0.29, 0.717) is 19.1 Å². The van der Waals surface area contributed by atoms with E-state index in [4.69, 9.17) is 4.74 Å². The van der Waals surface area contributed by atoms with E-state index in [1.807, 2.05) is 0 Å². The number of hydrogen-bond acceptors (Lipinski definition) is 4. The monoisotopic (exact) mass is 366 g/mol. The first-order valence-corrected chi connectivity index (χ1v) is 10.9. The van der Waals surface area contributed by atoms with Crippen LogP contribution in [0.2, 0.25) is 0 Å². The highest BCUT2D eigenvalue weighted by atomic mass is 32.2. The standard InChI is InChI=1S/C19H30N2O3S/c1-4-25(22,23)20-10-17-7-8-19(24-12-17)13-21(14-19)11-18-9-15(2)5-6-16(18)3/h5-6,9,17,20H,4,7-8,10-14H2,1-3H3/t17-/m0/s1. The topological polar surface area (TPSA) is 58.6 Å². The van der Waals surface area contributed by atoms with Gasteiger partial charge in [-0.25, -0.2) is 13.1 Å². The molecule has 1 aromatic rings. The SMILES string of the molecule is CCS(=O)(=O)NC[C@@H]1CCC2(CN(Cc3cc(C)ccc3C)C2)OC1. The minimum atomic E-state index is -3.10. The summed E-state index contributed by atoms with van der Waals surface area (Å²) in [5, 5.41) is 0. The number of benzene rings is 1. The first-order chi connectivity index (χ1) is 11.8. The maximum atomic E-state index is 11.5. The quantitative estimate of drug-likeness (QED) is 0.839. The van der Waals surface area contributed by atoms with Crippen LogP contribution in [0.5, 0.6) is 0 Å². The van der Waals surface area contributed by atoms with Gasteiger partial charge in [-0.15, -0.1) is 0 Å². The third-order valence-electron chi connectivity index (χ3n) is 5.53. The molecule has 0 aliphatic carbocycles. The van der Waals surface area contributed by atoms with Crippen LogP contribution in [-0.2, 0) is 21.3 Å². The summed E-state index contributed by atoms with van der Waals surface area (Å²) in [5.41, 5.74) is 4.05. The summed E-state index contributed by atoms with van der Waals surface area (Å²) in [6, 6.07) is 6.63. The third kappa shape index (κ3) is 4.61. The molecule has 2 aliphatic rings. The largest absolute Gasteiger partial charge is 0.372 e. The van der Waals surface area contributed by atoms with E-state index < -0.39 is 10.0 Å². The summed E-state index contributed by atoms with van der Waals surface area (Å²) in [7, 11) is -3.10. The zero-order valence-electron chi connectivity index (χ0n) is 15.5. The Morgan fingerprint density at radius 2 is 2.08 bits per heavy atom. The molecular weight excluding hydrogens is 336 g/mol. The molecule has 0 amide bonds. The van der Waals surface area contributed by atoms with E-state index in [0.717, 1.165) is 32.5 Å². The van der Waals surface area contributed by atoms with Crippen molar-refractivity contribution in [3.63, 3.8) is 0 Å². The number of hydrogen-bond donors (Lipinski definition) is 1. The lowest BCUT2D eigenvalue weighted by Crippen LogP contribution is -2.64. The molecule has 140 valence electrons. The van der Waals surface area contributed by atoms with Crippen LogP contribution >= 0.6 is 0 Å². The number of rotatable bonds is 6. The molecule has 0 bridgehead atoms. The fourth-order valence-corrected chi connectivity index (χ4v) is 4.46. The van der Waals surface area contributed by atoms with Crippen molar-refractivity contribution in [3.05, 3.63) is 34.9 Å². The second-order valence-electron chi connectivity index (χ2n) is 7.73. The Labute approximate surface area is 151 Å². The van der Waals surface area contributed by atoms with Crippen LogP contribution < -0.4 is 4.72 Å². The summed E-state index contributed by atoms with van der Waals surface area (Å²) < 4.78 is 31.9. The first-order valence-electron chi connectivity index (χ1n) is 9.21. The van der Waals surface area contributed by atoms with Gasteiger partial charge in [-0.1, -0.05) is 23.8 Å². The molecule has 5 nitrogen and oxygen atoms in total. The molecule has 0 saturated carbocycles. The molecule has 1 spiro atoms. The van der Waals surface area contributed by atoms with Crippen LogP contribution in [0.15, 0.2) is 18.2 Å². The maximum absolute atomic E-state index is 11.5. The molecule has 0 unspecified atom stereocenters. The van der Waals surface area contributed by atoms with Gasteiger partial charge in [-0.3, -0.25) is 4.90 Å². The highest BCUT2D eigenvalue weighted by Gasteiger charge is 2.46. The second kappa shape index (κ2) is 7.35. The van der Waals surface area contributed by atoms with E-state index in [2.05, 4.69) is 41.7 Å². The van der Waals surface area contributed by atoms with Crippen LogP contribution in [0.3, 0.4) is 0 Å². The van der Waals surface area contributed by atoms with Crippen molar-refractivity contribution in [3.8, 4) is 0 Å². The van der Waals surface area contributed by atoms with Crippen LogP contribution in [-0.4, -0.2) is 50.9 Å². The first kappa shape index (κ1) is 18.8. The zero-order valence-corrected chi connectivity index (χ0v) is 16.4. The number of sulfonamides is 1. The van der Waals surface area contributed by atoms with Crippen molar-refractivity contribution in [1.29, 1.82) is 0 Å². The van der Waals surface area contributed by atoms with Gasteiger partial charge >= 0.3 is 0 Å². The van der Waals surface area contributed by atoms with Gasteiger partial charge in [0, 0.05) is 26.2 Å². The molecule has 2 saturated heterocycles. The number of aryl methyl sites for hydroxylation is 2. The smallest absolute Gasteiger partial charge is 0.211 e. The Morgan fingerprint density at radius 1 is 1.32 bits per heavy atom. The molecule has 2 aliphatic heterocycles. The average Bonchev–Trinajstić information content (AvgIpc) is 2.56. The van der Waals surface area contributed by atoms with Crippen molar-refractivity contribution in [2.24, 2.45) is 5.92 Å². The number of nitrogens with zero attached hydrogens (tertiary/aromatic N) is 1. The van der Waals surface area contributed by atoms with Crippen LogP contribution in [0, 0.1) is 19.8 Å².